The lowest BCUT2D eigenvalue weighted by Crippen LogP contribution is -1.94. The molecule has 0 aromatic carbocycles. The first-order chi connectivity index (χ1) is 6.70. The topological polar surface area (TPSA) is 43.8 Å². The first-order valence-electron chi connectivity index (χ1n) is 5.14. The minimum Gasteiger partial charge on any atom is -0.395 e. The maximum Gasteiger partial charge on any atom is 0.117 e. The molecule has 0 aliphatic heterocycles. The molecule has 1 aromatic heterocycles. The van der Waals surface area contributed by atoms with Crippen LogP contribution >= 0.6 is 11.8 Å². The Morgan fingerprint density at radius 2 is 2.14 bits per heavy atom. The molecular weight excluding hydrogens is 194 g/mol. The van der Waals surface area contributed by atoms with E-state index in [9.17, 15) is 0 Å². The van der Waals surface area contributed by atoms with E-state index in [0.29, 0.717) is 0 Å². The van der Waals surface area contributed by atoms with Gasteiger partial charge in [0.2, 0.25) is 0 Å². The number of nitrogen functional groups attached to an aromatic ring is 1. The Balaban J connectivity index is 2.70. The Morgan fingerprint density at radius 3 is 2.64 bits per heavy atom. The Hall–Kier alpha value is -0.640. The summed E-state index contributed by atoms with van der Waals surface area (Å²) >= 11 is 1.81. The monoisotopic (exact) mass is 213 g/mol. The maximum absolute atomic E-state index is 5.99. The molecule has 14 heavy (non-hydrogen) atoms. The average molecular weight is 213 g/mol. The summed E-state index contributed by atoms with van der Waals surface area (Å²) in [6.45, 7) is 4.28. The van der Waals surface area contributed by atoms with Gasteiger partial charge in [-0.1, -0.05) is 20.3 Å². The largest absolute Gasteiger partial charge is 0.395 e. The van der Waals surface area contributed by atoms with E-state index in [1.165, 1.54) is 12.8 Å². The van der Waals surface area contributed by atoms with Crippen molar-refractivity contribution in [1.82, 2.24) is 9.78 Å². The van der Waals surface area contributed by atoms with E-state index in [1.54, 1.807) is 0 Å². The fourth-order valence-corrected chi connectivity index (χ4v) is 2.45. The molecule has 1 aromatic rings. The van der Waals surface area contributed by atoms with Crippen LogP contribution in [0.15, 0.2) is 5.03 Å². The summed E-state index contributed by atoms with van der Waals surface area (Å²) < 4.78 is 1.90. The second-order valence-corrected chi connectivity index (χ2v) is 4.43. The van der Waals surface area contributed by atoms with Crippen molar-refractivity contribution >= 4 is 17.4 Å². The number of anilines is 1. The number of rotatable bonds is 5. The fourth-order valence-electron chi connectivity index (χ4n) is 1.32. The molecule has 0 saturated carbocycles. The fraction of sp³-hybridized carbons (Fsp3) is 0.700. The smallest absolute Gasteiger partial charge is 0.117 e. The Kier molecular flexibility index (Phi) is 4.32. The molecule has 2 N–H and O–H groups in total. The van der Waals surface area contributed by atoms with Gasteiger partial charge in [-0.25, -0.2) is 0 Å². The Bertz CT molecular complexity index is 294. The van der Waals surface area contributed by atoms with Gasteiger partial charge in [0.25, 0.3) is 0 Å². The number of thioether (sulfide) groups is 1. The molecule has 1 rings (SSSR count). The number of nitrogens with zero attached hydrogens (tertiary/aromatic N) is 2. The standard InChI is InChI=1S/C10H19N3S/c1-4-6-7-14-10-9(11)8(5-2)12-13(10)3/h4-7,11H2,1-3H3. The van der Waals surface area contributed by atoms with Crippen molar-refractivity contribution in [3.05, 3.63) is 5.69 Å². The Morgan fingerprint density at radius 1 is 1.43 bits per heavy atom. The highest BCUT2D eigenvalue weighted by Gasteiger charge is 2.11. The lowest BCUT2D eigenvalue weighted by atomic mass is 10.3. The molecule has 80 valence electrons. The first kappa shape index (κ1) is 11.4. The molecule has 4 heteroatoms. The first-order valence-corrected chi connectivity index (χ1v) is 6.13. The van der Waals surface area contributed by atoms with Gasteiger partial charge in [0.1, 0.15) is 5.03 Å². The molecule has 3 nitrogen and oxygen atoms in total. The van der Waals surface area contributed by atoms with E-state index >= 15 is 0 Å². The van der Waals surface area contributed by atoms with E-state index < -0.39 is 0 Å². The van der Waals surface area contributed by atoms with E-state index in [-0.39, 0.29) is 0 Å². The zero-order valence-corrected chi connectivity index (χ0v) is 10.0. The molecule has 0 saturated heterocycles. The van der Waals surface area contributed by atoms with Gasteiger partial charge in [-0.2, -0.15) is 5.10 Å². The van der Waals surface area contributed by atoms with Crippen LogP contribution in [0.4, 0.5) is 5.69 Å². The predicted molar refractivity (Wildman–Crippen MR) is 62.6 cm³/mol. The molecule has 0 aliphatic rings. The van der Waals surface area contributed by atoms with Crippen molar-refractivity contribution in [2.24, 2.45) is 7.05 Å². The highest BCUT2D eigenvalue weighted by molar-refractivity contribution is 7.99. The second-order valence-electron chi connectivity index (χ2n) is 3.34. The van der Waals surface area contributed by atoms with Crippen molar-refractivity contribution in [2.45, 2.75) is 38.1 Å². The van der Waals surface area contributed by atoms with Crippen LogP contribution in [0.1, 0.15) is 32.4 Å². The van der Waals surface area contributed by atoms with Crippen molar-refractivity contribution in [3.63, 3.8) is 0 Å². The van der Waals surface area contributed by atoms with Crippen LogP contribution in [0.5, 0.6) is 0 Å². The van der Waals surface area contributed by atoms with Crippen LogP contribution in [0.3, 0.4) is 0 Å². The lowest BCUT2D eigenvalue weighted by Gasteiger charge is -2.01. The molecular formula is C10H19N3S. The maximum atomic E-state index is 5.99. The van der Waals surface area contributed by atoms with Crippen molar-refractivity contribution in [2.75, 3.05) is 11.5 Å². The average Bonchev–Trinajstić information content (AvgIpc) is 2.45. The van der Waals surface area contributed by atoms with Crippen LogP contribution in [0.25, 0.3) is 0 Å². The van der Waals surface area contributed by atoms with Gasteiger partial charge in [-0.15, -0.1) is 11.8 Å². The summed E-state index contributed by atoms with van der Waals surface area (Å²) in [5.74, 6) is 1.13. The van der Waals surface area contributed by atoms with Crippen molar-refractivity contribution in [1.29, 1.82) is 0 Å². The summed E-state index contributed by atoms with van der Waals surface area (Å²) in [7, 11) is 1.96. The second kappa shape index (κ2) is 5.29. The normalized spacial score (nSPS) is 10.8. The van der Waals surface area contributed by atoms with Crippen LogP contribution in [0.2, 0.25) is 0 Å². The predicted octanol–water partition coefficient (Wildman–Crippen LogP) is 2.46. The zero-order chi connectivity index (χ0) is 10.6. The summed E-state index contributed by atoms with van der Waals surface area (Å²) in [5, 5.41) is 5.50. The molecule has 0 bridgehead atoms. The van der Waals surface area contributed by atoms with Gasteiger partial charge in [0.05, 0.1) is 11.4 Å². The van der Waals surface area contributed by atoms with E-state index in [1.807, 2.05) is 23.5 Å². The minimum absolute atomic E-state index is 0.871. The lowest BCUT2D eigenvalue weighted by molar-refractivity contribution is 0.687. The molecule has 0 fully saturated rings. The van der Waals surface area contributed by atoms with Gasteiger partial charge < -0.3 is 5.73 Å². The van der Waals surface area contributed by atoms with Crippen LogP contribution in [-0.2, 0) is 13.5 Å². The van der Waals surface area contributed by atoms with Crippen LogP contribution in [-0.4, -0.2) is 15.5 Å². The van der Waals surface area contributed by atoms with Gasteiger partial charge >= 0.3 is 0 Å². The number of aryl methyl sites for hydroxylation is 2. The van der Waals surface area contributed by atoms with Gasteiger partial charge in [0.15, 0.2) is 0 Å². The van der Waals surface area contributed by atoms with Crippen LogP contribution < -0.4 is 5.73 Å². The number of aromatic nitrogens is 2. The van der Waals surface area contributed by atoms with Crippen LogP contribution in [0, 0.1) is 0 Å². The quantitative estimate of drug-likeness (QED) is 0.603. The number of hydrogen-bond acceptors (Lipinski definition) is 3. The van der Waals surface area contributed by atoms with Crippen molar-refractivity contribution < 1.29 is 0 Å². The third-order valence-corrected chi connectivity index (χ3v) is 3.43. The van der Waals surface area contributed by atoms with E-state index in [4.69, 9.17) is 5.73 Å². The molecule has 0 spiro atoms. The number of hydrogen-bond donors (Lipinski definition) is 1. The molecule has 0 amide bonds. The number of nitrogens with two attached hydrogens (primary N) is 1. The summed E-state index contributed by atoms with van der Waals surface area (Å²) in [5.41, 5.74) is 7.88. The summed E-state index contributed by atoms with van der Waals surface area (Å²) in [6, 6.07) is 0. The van der Waals surface area contributed by atoms with Gasteiger partial charge in [-0.3, -0.25) is 4.68 Å². The van der Waals surface area contributed by atoms with Gasteiger partial charge in [0, 0.05) is 7.05 Å². The molecule has 0 unspecified atom stereocenters. The highest BCUT2D eigenvalue weighted by Crippen LogP contribution is 2.28. The zero-order valence-electron chi connectivity index (χ0n) is 9.21. The third-order valence-electron chi connectivity index (χ3n) is 2.18. The minimum atomic E-state index is 0.871. The van der Waals surface area contributed by atoms with E-state index in [0.717, 1.165) is 28.6 Å². The summed E-state index contributed by atoms with van der Waals surface area (Å²) in [6.07, 6.45) is 3.37. The summed E-state index contributed by atoms with van der Waals surface area (Å²) in [4.78, 5) is 0. The number of unbranched alkanes of at least 4 members (excludes halogenated alkanes) is 1. The van der Waals surface area contributed by atoms with Gasteiger partial charge in [-0.05, 0) is 18.6 Å². The van der Waals surface area contributed by atoms with Crippen molar-refractivity contribution in [3.8, 4) is 0 Å². The Labute approximate surface area is 90.1 Å². The molecule has 1 heterocycles. The molecule has 0 radical (unpaired) electrons. The highest BCUT2D eigenvalue weighted by atomic mass is 32.2. The SMILES string of the molecule is CCCCSc1c(N)c(CC)nn1C. The third kappa shape index (κ3) is 2.44. The molecule has 0 atom stereocenters. The molecule has 0 aliphatic carbocycles. The van der Waals surface area contributed by atoms with E-state index in [2.05, 4.69) is 18.9 Å².